The molecule has 0 aromatic heterocycles. The molecule has 0 aromatic rings. The van der Waals surface area contributed by atoms with Crippen molar-refractivity contribution < 1.29 is 87.4 Å². The SMILES string of the molecule is O=S(=O)(O)O.[Fe].[H-].[K+]. The molecule has 0 fully saturated rings. The average molecular weight is 194 g/mol. The van der Waals surface area contributed by atoms with Gasteiger partial charge >= 0.3 is 61.8 Å². The number of rotatable bonds is 0. The largest absolute Gasteiger partial charge is 1.00 e. The zero-order valence-corrected chi connectivity index (χ0v) is 8.52. The number of hydrogen-bond donors (Lipinski definition) is 2. The van der Waals surface area contributed by atoms with Gasteiger partial charge in [0.1, 0.15) is 0 Å². The van der Waals surface area contributed by atoms with Crippen LogP contribution in [-0.2, 0) is 27.5 Å². The van der Waals surface area contributed by atoms with Gasteiger partial charge in [0.2, 0.25) is 0 Å². The van der Waals surface area contributed by atoms with E-state index < -0.39 is 10.4 Å². The minimum atomic E-state index is -4.67. The van der Waals surface area contributed by atoms with E-state index in [1.807, 2.05) is 0 Å². The van der Waals surface area contributed by atoms with E-state index in [0.29, 0.717) is 0 Å². The van der Waals surface area contributed by atoms with Crippen molar-refractivity contribution in [3.8, 4) is 0 Å². The Morgan fingerprint density at radius 3 is 1.29 bits per heavy atom. The minimum absolute atomic E-state index is 0. The third kappa shape index (κ3) is 71.0. The molecular weight excluding hydrogens is 191 g/mol. The summed E-state index contributed by atoms with van der Waals surface area (Å²) in [7, 11) is -4.67. The first-order valence-electron chi connectivity index (χ1n) is 0.698. The summed E-state index contributed by atoms with van der Waals surface area (Å²) in [6, 6.07) is 0. The van der Waals surface area contributed by atoms with Crippen LogP contribution < -0.4 is 51.4 Å². The fraction of sp³-hybridized carbons (Fsp3) is 0. The van der Waals surface area contributed by atoms with Crippen molar-refractivity contribution in [2.45, 2.75) is 0 Å². The maximum absolute atomic E-state index is 8.74. The van der Waals surface area contributed by atoms with E-state index in [-0.39, 0.29) is 69.9 Å². The Bertz CT molecular complexity index is 99.2. The van der Waals surface area contributed by atoms with Crippen LogP contribution in [0.5, 0.6) is 0 Å². The van der Waals surface area contributed by atoms with E-state index in [4.69, 9.17) is 17.5 Å². The molecule has 0 aliphatic rings. The first kappa shape index (κ1) is 16.0. The van der Waals surface area contributed by atoms with Crippen LogP contribution in [0, 0.1) is 0 Å². The van der Waals surface area contributed by atoms with Crippen molar-refractivity contribution in [2.75, 3.05) is 0 Å². The molecule has 0 unspecified atom stereocenters. The molecule has 42 valence electrons. The molecule has 0 aliphatic carbocycles. The molecule has 2 N–H and O–H groups in total. The van der Waals surface area contributed by atoms with E-state index >= 15 is 0 Å². The third-order valence-electron chi connectivity index (χ3n) is 0. The molecule has 0 radical (unpaired) electrons. The van der Waals surface area contributed by atoms with Crippen LogP contribution in [0.4, 0.5) is 0 Å². The monoisotopic (exact) mass is 194 g/mol. The Morgan fingerprint density at radius 1 is 1.29 bits per heavy atom. The van der Waals surface area contributed by atoms with Gasteiger partial charge in [-0.15, -0.1) is 0 Å². The smallest absolute Gasteiger partial charge is 1.00 e. The molecule has 4 nitrogen and oxygen atoms in total. The normalized spacial score (nSPS) is 8.29. The van der Waals surface area contributed by atoms with E-state index in [1.54, 1.807) is 0 Å². The molecule has 0 atom stereocenters. The Hall–Kier alpha value is 2.03. The van der Waals surface area contributed by atoms with E-state index in [2.05, 4.69) is 0 Å². The van der Waals surface area contributed by atoms with Gasteiger partial charge in [0.05, 0.1) is 0 Å². The van der Waals surface area contributed by atoms with Gasteiger partial charge in [-0.05, 0) is 0 Å². The first-order chi connectivity index (χ1) is 2.00. The van der Waals surface area contributed by atoms with E-state index in [1.165, 1.54) is 0 Å². The molecule has 0 saturated heterocycles. The van der Waals surface area contributed by atoms with Crippen LogP contribution in [0.2, 0.25) is 0 Å². The average Bonchev–Trinajstić information content (AvgIpc) is 0.722. The summed E-state index contributed by atoms with van der Waals surface area (Å²) in [4.78, 5) is 0. The molecule has 0 aromatic carbocycles. The summed E-state index contributed by atoms with van der Waals surface area (Å²) >= 11 is 0. The molecule has 0 spiro atoms. The molecule has 0 heterocycles. The predicted molar refractivity (Wildman–Crippen MR) is 15.3 cm³/mol. The van der Waals surface area contributed by atoms with Gasteiger partial charge in [0.25, 0.3) is 0 Å². The zero-order chi connectivity index (χ0) is 4.50. The summed E-state index contributed by atoms with van der Waals surface area (Å²) in [5.74, 6) is 0. The van der Waals surface area contributed by atoms with Crippen LogP contribution in [0.15, 0.2) is 0 Å². The van der Waals surface area contributed by atoms with Crippen molar-refractivity contribution in [1.82, 2.24) is 0 Å². The van der Waals surface area contributed by atoms with Gasteiger partial charge in [0, 0.05) is 17.1 Å². The molecule has 0 rings (SSSR count). The molecule has 7 heavy (non-hydrogen) atoms. The molecule has 0 saturated carbocycles. The van der Waals surface area contributed by atoms with Crippen molar-refractivity contribution in [3.05, 3.63) is 0 Å². The summed E-state index contributed by atoms with van der Waals surface area (Å²) in [6.45, 7) is 0. The second-order valence-electron chi connectivity index (χ2n) is 0.448. The Labute approximate surface area is 96.0 Å². The predicted octanol–water partition coefficient (Wildman–Crippen LogP) is -3.54. The van der Waals surface area contributed by atoms with E-state index in [0.717, 1.165) is 0 Å². The topological polar surface area (TPSA) is 74.6 Å². The third-order valence-corrected chi connectivity index (χ3v) is 0. The van der Waals surface area contributed by atoms with Crippen LogP contribution in [0.25, 0.3) is 0 Å². The minimum Gasteiger partial charge on any atom is -1.00 e. The summed E-state index contributed by atoms with van der Waals surface area (Å²) in [5, 5.41) is 0. The van der Waals surface area contributed by atoms with Gasteiger partial charge in [0.15, 0.2) is 0 Å². The standard InChI is InChI=1S/Fe.K.H2O4S.H/c;;1-5(2,3)4;/h;;(H2,1,2,3,4);/q;+1;;-1. The maximum atomic E-state index is 8.74. The molecular formula is H3FeKO4S. The van der Waals surface area contributed by atoms with Gasteiger partial charge < -0.3 is 1.43 Å². The molecule has 0 aliphatic heterocycles. The Kier molecular flexibility index (Phi) is 14.1. The van der Waals surface area contributed by atoms with Crippen LogP contribution in [0.3, 0.4) is 0 Å². The Morgan fingerprint density at radius 2 is 1.29 bits per heavy atom. The van der Waals surface area contributed by atoms with Crippen LogP contribution in [0.1, 0.15) is 1.43 Å². The van der Waals surface area contributed by atoms with Gasteiger partial charge in [-0.1, -0.05) is 0 Å². The van der Waals surface area contributed by atoms with Crippen molar-refractivity contribution in [1.29, 1.82) is 0 Å². The first-order valence-corrected chi connectivity index (χ1v) is 2.10. The summed E-state index contributed by atoms with van der Waals surface area (Å²) in [5.41, 5.74) is 0. The number of hydrogen-bond acceptors (Lipinski definition) is 2. The molecule has 0 bridgehead atoms. The maximum Gasteiger partial charge on any atom is 1.00 e. The molecule has 0 amide bonds. The van der Waals surface area contributed by atoms with Gasteiger partial charge in [-0.3, -0.25) is 9.11 Å². The quantitative estimate of drug-likeness (QED) is 0.309. The second-order valence-corrected chi connectivity index (χ2v) is 1.34. The van der Waals surface area contributed by atoms with Crippen molar-refractivity contribution in [2.24, 2.45) is 0 Å². The van der Waals surface area contributed by atoms with Crippen molar-refractivity contribution >= 4 is 10.4 Å². The fourth-order valence-electron chi connectivity index (χ4n) is 0. The zero-order valence-electron chi connectivity index (χ0n) is 4.47. The van der Waals surface area contributed by atoms with Crippen molar-refractivity contribution in [3.63, 3.8) is 0 Å². The van der Waals surface area contributed by atoms with Crippen LogP contribution >= 0.6 is 0 Å². The van der Waals surface area contributed by atoms with E-state index in [9.17, 15) is 0 Å². The van der Waals surface area contributed by atoms with Gasteiger partial charge in [-0.2, -0.15) is 8.42 Å². The van der Waals surface area contributed by atoms with Gasteiger partial charge in [-0.25, -0.2) is 0 Å². The Balaban J connectivity index is -0.0000000267. The fourth-order valence-corrected chi connectivity index (χ4v) is 0. The molecule has 7 heteroatoms. The van der Waals surface area contributed by atoms with Crippen LogP contribution in [-0.4, -0.2) is 17.5 Å². The second kappa shape index (κ2) is 6.15. The summed E-state index contributed by atoms with van der Waals surface area (Å²) < 4.78 is 31.6. The summed E-state index contributed by atoms with van der Waals surface area (Å²) in [6.07, 6.45) is 0.